The first-order valence-electron chi connectivity index (χ1n) is 6.54. The van der Waals surface area contributed by atoms with Crippen molar-refractivity contribution in [2.24, 2.45) is 0 Å². The van der Waals surface area contributed by atoms with Gasteiger partial charge in [-0.3, -0.25) is 0 Å². The van der Waals surface area contributed by atoms with E-state index in [9.17, 15) is 0 Å². The molecular weight excluding hydrogens is 214 g/mol. The molecule has 1 N–H and O–H groups in total. The van der Waals surface area contributed by atoms with Gasteiger partial charge < -0.3 is 14.6 Å². The highest BCUT2D eigenvalue weighted by Gasteiger charge is 2.22. The van der Waals surface area contributed by atoms with Crippen LogP contribution in [0.25, 0.3) is 0 Å². The molecule has 4 nitrogen and oxygen atoms in total. The quantitative estimate of drug-likeness (QED) is 0.852. The van der Waals surface area contributed by atoms with Gasteiger partial charge in [-0.1, -0.05) is 0 Å². The molecule has 2 atom stereocenters. The molecule has 0 radical (unpaired) electrons. The van der Waals surface area contributed by atoms with Crippen molar-refractivity contribution in [2.75, 3.05) is 6.61 Å². The summed E-state index contributed by atoms with van der Waals surface area (Å²) >= 11 is 0. The van der Waals surface area contributed by atoms with Crippen LogP contribution in [0, 0.1) is 0 Å². The van der Waals surface area contributed by atoms with E-state index in [1.165, 1.54) is 18.5 Å². The second-order valence-electron chi connectivity index (χ2n) is 5.11. The Labute approximate surface area is 103 Å². The first kappa shape index (κ1) is 12.6. The van der Waals surface area contributed by atoms with E-state index in [1.54, 1.807) is 0 Å². The number of nitrogens with zero attached hydrogens (tertiary/aromatic N) is 2. The summed E-state index contributed by atoms with van der Waals surface area (Å²) in [5.74, 6) is 0. The summed E-state index contributed by atoms with van der Waals surface area (Å²) < 4.78 is 7.88. The van der Waals surface area contributed by atoms with Crippen LogP contribution < -0.4 is 5.32 Å². The molecule has 1 fully saturated rings. The zero-order valence-electron chi connectivity index (χ0n) is 11.0. The van der Waals surface area contributed by atoms with Crippen LogP contribution in [0.4, 0.5) is 0 Å². The smallest absolute Gasteiger partial charge is 0.0951 e. The molecule has 1 aliphatic heterocycles. The minimum atomic E-state index is 0.380. The molecule has 17 heavy (non-hydrogen) atoms. The first-order chi connectivity index (χ1) is 8.18. The Kier molecular flexibility index (Phi) is 4.18. The molecule has 2 rings (SSSR count). The van der Waals surface area contributed by atoms with Gasteiger partial charge in [-0.05, 0) is 33.6 Å². The van der Waals surface area contributed by atoms with Crippen molar-refractivity contribution in [1.29, 1.82) is 0 Å². The van der Waals surface area contributed by atoms with Gasteiger partial charge >= 0.3 is 0 Å². The van der Waals surface area contributed by atoms with Gasteiger partial charge in [-0.15, -0.1) is 0 Å². The van der Waals surface area contributed by atoms with E-state index in [2.05, 4.69) is 35.6 Å². The van der Waals surface area contributed by atoms with E-state index < -0.39 is 0 Å². The van der Waals surface area contributed by atoms with E-state index in [-0.39, 0.29) is 0 Å². The van der Waals surface area contributed by atoms with Crippen LogP contribution in [0.5, 0.6) is 0 Å². The van der Waals surface area contributed by atoms with Gasteiger partial charge in [0.25, 0.3) is 0 Å². The SMILES string of the molecule is CC(NCc1cncn1C(C)C)C1CCCO1. The normalized spacial score (nSPS) is 22.2. The number of aromatic nitrogens is 2. The van der Waals surface area contributed by atoms with Crippen molar-refractivity contribution >= 4 is 0 Å². The van der Waals surface area contributed by atoms with Crippen molar-refractivity contribution in [3.8, 4) is 0 Å². The third-order valence-corrected chi connectivity index (χ3v) is 3.43. The largest absolute Gasteiger partial charge is 0.377 e. The van der Waals surface area contributed by atoms with Crippen LogP contribution in [-0.4, -0.2) is 28.3 Å². The fraction of sp³-hybridized carbons (Fsp3) is 0.769. The van der Waals surface area contributed by atoms with Crippen molar-refractivity contribution in [3.63, 3.8) is 0 Å². The summed E-state index contributed by atoms with van der Waals surface area (Å²) in [5, 5.41) is 3.54. The lowest BCUT2D eigenvalue weighted by atomic mass is 10.1. The Bertz CT molecular complexity index is 342. The summed E-state index contributed by atoms with van der Waals surface area (Å²) in [7, 11) is 0. The van der Waals surface area contributed by atoms with Gasteiger partial charge in [-0.2, -0.15) is 0 Å². The summed E-state index contributed by atoms with van der Waals surface area (Å²) in [6.45, 7) is 8.33. The molecule has 0 aliphatic carbocycles. The Hall–Kier alpha value is -0.870. The number of rotatable bonds is 5. The summed E-state index contributed by atoms with van der Waals surface area (Å²) in [4.78, 5) is 4.21. The molecule has 1 aromatic rings. The predicted molar refractivity (Wildman–Crippen MR) is 67.9 cm³/mol. The molecule has 96 valence electrons. The van der Waals surface area contributed by atoms with Crippen LogP contribution >= 0.6 is 0 Å². The Morgan fingerprint density at radius 1 is 1.53 bits per heavy atom. The molecule has 1 saturated heterocycles. The Balaban J connectivity index is 1.86. The zero-order chi connectivity index (χ0) is 12.3. The second-order valence-corrected chi connectivity index (χ2v) is 5.11. The molecule has 0 bridgehead atoms. The van der Waals surface area contributed by atoms with Crippen LogP contribution in [0.15, 0.2) is 12.5 Å². The Morgan fingerprint density at radius 2 is 2.35 bits per heavy atom. The summed E-state index contributed by atoms with van der Waals surface area (Å²) in [5.41, 5.74) is 1.24. The topological polar surface area (TPSA) is 39.1 Å². The van der Waals surface area contributed by atoms with E-state index in [4.69, 9.17) is 4.74 Å². The predicted octanol–water partition coefficient (Wildman–Crippen LogP) is 2.12. The minimum absolute atomic E-state index is 0.380. The monoisotopic (exact) mass is 237 g/mol. The average molecular weight is 237 g/mol. The van der Waals surface area contributed by atoms with Gasteiger partial charge in [0.15, 0.2) is 0 Å². The van der Waals surface area contributed by atoms with Gasteiger partial charge in [0, 0.05) is 31.4 Å². The van der Waals surface area contributed by atoms with Crippen LogP contribution in [0.2, 0.25) is 0 Å². The highest BCUT2D eigenvalue weighted by Crippen LogP contribution is 2.16. The van der Waals surface area contributed by atoms with E-state index in [1.807, 2.05) is 12.5 Å². The molecule has 1 aliphatic rings. The van der Waals surface area contributed by atoms with E-state index >= 15 is 0 Å². The van der Waals surface area contributed by atoms with Crippen LogP contribution in [0.1, 0.15) is 45.3 Å². The number of ether oxygens (including phenoxy) is 1. The minimum Gasteiger partial charge on any atom is -0.377 e. The van der Waals surface area contributed by atoms with Gasteiger partial charge in [0.2, 0.25) is 0 Å². The van der Waals surface area contributed by atoms with Crippen LogP contribution in [0.3, 0.4) is 0 Å². The third kappa shape index (κ3) is 3.07. The number of imidazole rings is 1. The summed E-state index contributed by atoms with van der Waals surface area (Å²) in [6.07, 6.45) is 6.59. The van der Waals surface area contributed by atoms with Crippen molar-refractivity contribution in [1.82, 2.24) is 14.9 Å². The molecule has 0 spiro atoms. The fourth-order valence-electron chi connectivity index (χ4n) is 2.33. The van der Waals surface area contributed by atoms with E-state index in [0.717, 1.165) is 13.2 Å². The first-order valence-corrected chi connectivity index (χ1v) is 6.54. The lowest BCUT2D eigenvalue weighted by Gasteiger charge is -2.21. The maximum Gasteiger partial charge on any atom is 0.0951 e. The second kappa shape index (κ2) is 5.65. The highest BCUT2D eigenvalue weighted by atomic mass is 16.5. The molecule has 2 unspecified atom stereocenters. The van der Waals surface area contributed by atoms with Crippen molar-refractivity contribution < 1.29 is 4.74 Å². The average Bonchev–Trinajstić information content (AvgIpc) is 2.96. The van der Waals surface area contributed by atoms with Gasteiger partial charge in [0.05, 0.1) is 18.1 Å². The van der Waals surface area contributed by atoms with Crippen LogP contribution in [-0.2, 0) is 11.3 Å². The lowest BCUT2D eigenvalue weighted by Crippen LogP contribution is -2.36. The maximum absolute atomic E-state index is 5.68. The Morgan fingerprint density at radius 3 is 3.00 bits per heavy atom. The molecule has 4 heteroatoms. The van der Waals surface area contributed by atoms with Gasteiger partial charge in [-0.25, -0.2) is 4.98 Å². The standard InChI is InChI=1S/C13H23N3O/c1-10(2)16-9-14-7-12(16)8-15-11(3)13-5-4-6-17-13/h7,9-11,13,15H,4-6,8H2,1-3H3. The van der Waals surface area contributed by atoms with Gasteiger partial charge in [0.1, 0.15) is 0 Å². The zero-order valence-corrected chi connectivity index (χ0v) is 11.0. The fourth-order valence-corrected chi connectivity index (χ4v) is 2.33. The van der Waals surface area contributed by atoms with Crippen molar-refractivity contribution in [3.05, 3.63) is 18.2 Å². The molecule has 0 amide bonds. The third-order valence-electron chi connectivity index (χ3n) is 3.43. The molecule has 1 aromatic heterocycles. The molecule has 2 heterocycles. The maximum atomic E-state index is 5.68. The summed E-state index contributed by atoms with van der Waals surface area (Å²) in [6, 6.07) is 0.875. The van der Waals surface area contributed by atoms with Crippen molar-refractivity contribution in [2.45, 2.75) is 58.3 Å². The number of hydrogen-bond acceptors (Lipinski definition) is 3. The number of hydrogen-bond donors (Lipinski definition) is 1. The van der Waals surface area contributed by atoms with E-state index in [0.29, 0.717) is 18.2 Å². The molecule has 0 aromatic carbocycles. The molecular formula is C13H23N3O. The number of nitrogens with one attached hydrogen (secondary N) is 1. The highest BCUT2D eigenvalue weighted by molar-refractivity contribution is 5.00. The lowest BCUT2D eigenvalue weighted by molar-refractivity contribution is 0.0829. The molecule has 0 saturated carbocycles.